The van der Waals surface area contributed by atoms with E-state index in [9.17, 15) is 0 Å². The summed E-state index contributed by atoms with van der Waals surface area (Å²) in [4.78, 5) is 7.09. The molecule has 2 heterocycles. The molecule has 23 heavy (non-hydrogen) atoms. The molecule has 0 atom stereocenters. The number of aromatic nitrogens is 2. The van der Waals surface area contributed by atoms with Gasteiger partial charge >= 0.3 is 0 Å². The van der Waals surface area contributed by atoms with Crippen LogP contribution in [0.3, 0.4) is 0 Å². The number of benzene rings is 1. The normalized spacial score (nSPS) is 17.0. The molecule has 1 aliphatic rings. The van der Waals surface area contributed by atoms with Crippen molar-refractivity contribution in [2.24, 2.45) is 5.92 Å². The molecule has 124 valence electrons. The number of imidazole rings is 1. The maximum atomic E-state index is 4.51. The Bertz CT molecular complexity index is 610. The Morgan fingerprint density at radius 2 is 1.87 bits per heavy atom. The van der Waals surface area contributed by atoms with Crippen molar-refractivity contribution in [3.8, 4) is 0 Å². The first-order valence-electron chi connectivity index (χ1n) is 8.59. The summed E-state index contributed by atoms with van der Waals surface area (Å²) in [5, 5.41) is 0. The molecule has 0 unspecified atom stereocenters. The van der Waals surface area contributed by atoms with E-state index < -0.39 is 0 Å². The van der Waals surface area contributed by atoms with Crippen LogP contribution < -0.4 is 0 Å². The van der Waals surface area contributed by atoms with Crippen molar-refractivity contribution in [3.05, 3.63) is 52.5 Å². The number of hydrogen-bond donors (Lipinski definition) is 0. The second-order valence-corrected chi connectivity index (χ2v) is 7.85. The SMILES string of the molecule is CC(C)c1nccn1CC1CCN(Cc2ccc(Br)cc2)CC1. The summed E-state index contributed by atoms with van der Waals surface area (Å²) >= 11 is 3.50. The fraction of sp³-hybridized carbons (Fsp3) is 0.526. The van der Waals surface area contributed by atoms with Gasteiger partial charge in [0, 0.05) is 35.9 Å². The van der Waals surface area contributed by atoms with E-state index in [2.05, 4.69) is 74.7 Å². The van der Waals surface area contributed by atoms with Crippen LogP contribution in [0.5, 0.6) is 0 Å². The Hall–Kier alpha value is -1.13. The van der Waals surface area contributed by atoms with Gasteiger partial charge in [0.05, 0.1) is 0 Å². The van der Waals surface area contributed by atoms with E-state index in [1.165, 1.54) is 37.3 Å². The Morgan fingerprint density at radius 1 is 1.17 bits per heavy atom. The third-order valence-electron chi connectivity index (χ3n) is 4.75. The predicted octanol–water partition coefficient (Wildman–Crippen LogP) is 4.68. The molecule has 3 nitrogen and oxygen atoms in total. The molecule has 0 radical (unpaired) electrons. The van der Waals surface area contributed by atoms with Crippen LogP contribution in [-0.2, 0) is 13.1 Å². The van der Waals surface area contributed by atoms with Gasteiger partial charge in [-0.2, -0.15) is 0 Å². The number of nitrogens with zero attached hydrogens (tertiary/aromatic N) is 3. The van der Waals surface area contributed by atoms with E-state index >= 15 is 0 Å². The second-order valence-electron chi connectivity index (χ2n) is 6.94. The van der Waals surface area contributed by atoms with E-state index in [1.807, 2.05) is 6.20 Å². The largest absolute Gasteiger partial charge is 0.334 e. The van der Waals surface area contributed by atoms with E-state index in [-0.39, 0.29) is 0 Å². The molecule has 0 N–H and O–H groups in total. The molecule has 0 amide bonds. The lowest BCUT2D eigenvalue weighted by Gasteiger charge is -2.32. The van der Waals surface area contributed by atoms with Crippen molar-refractivity contribution in [2.45, 2.75) is 45.7 Å². The average Bonchev–Trinajstić information content (AvgIpc) is 3.00. The minimum absolute atomic E-state index is 0.502. The standard InChI is InChI=1S/C19H26BrN3/c1-15(2)19-21-9-12-23(19)14-17-7-10-22(11-8-17)13-16-3-5-18(20)6-4-16/h3-6,9,12,15,17H,7-8,10-11,13-14H2,1-2H3. The zero-order chi connectivity index (χ0) is 16.2. The first-order valence-corrected chi connectivity index (χ1v) is 9.39. The van der Waals surface area contributed by atoms with Crippen LogP contribution in [0.25, 0.3) is 0 Å². The monoisotopic (exact) mass is 375 g/mol. The van der Waals surface area contributed by atoms with Crippen LogP contribution in [0, 0.1) is 5.92 Å². The van der Waals surface area contributed by atoms with Crippen molar-refractivity contribution < 1.29 is 0 Å². The first kappa shape index (κ1) is 16.7. The molecule has 0 spiro atoms. The Balaban J connectivity index is 1.50. The molecule has 1 aliphatic heterocycles. The van der Waals surface area contributed by atoms with Crippen LogP contribution in [0.4, 0.5) is 0 Å². The lowest BCUT2D eigenvalue weighted by molar-refractivity contribution is 0.166. The first-order chi connectivity index (χ1) is 11.1. The summed E-state index contributed by atoms with van der Waals surface area (Å²) in [7, 11) is 0. The molecule has 3 rings (SSSR count). The summed E-state index contributed by atoms with van der Waals surface area (Å²) in [5.74, 6) is 2.51. The second kappa shape index (κ2) is 7.63. The summed E-state index contributed by atoms with van der Waals surface area (Å²) < 4.78 is 3.51. The lowest BCUT2D eigenvalue weighted by atomic mass is 9.96. The van der Waals surface area contributed by atoms with Crippen LogP contribution in [-0.4, -0.2) is 27.5 Å². The molecule has 1 saturated heterocycles. The maximum Gasteiger partial charge on any atom is 0.111 e. The van der Waals surface area contributed by atoms with Gasteiger partial charge in [-0.3, -0.25) is 4.90 Å². The van der Waals surface area contributed by atoms with Gasteiger partial charge in [-0.05, 0) is 49.5 Å². The summed E-state index contributed by atoms with van der Waals surface area (Å²) in [6, 6.07) is 8.70. The summed E-state index contributed by atoms with van der Waals surface area (Å²) in [5.41, 5.74) is 1.41. The molecular weight excluding hydrogens is 350 g/mol. The highest BCUT2D eigenvalue weighted by Gasteiger charge is 2.20. The third-order valence-corrected chi connectivity index (χ3v) is 5.27. The van der Waals surface area contributed by atoms with Crippen LogP contribution >= 0.6 is 15.9 Å². The zero-order valence-corrected chi connectivity index (χ0v) is 15.7. The fourth-order valence-corrected chi connectivity index (χ4v) is 3.69. The van der Waals surface area contributed by atoms with E-state index in [0.717, 1.165) is 23.5 Å². The van der Waals surface area contributed by atoms with Crippen molar-refractivity contribution in [1.29, 1.82) is 0 Å². The van der Waals surface area contributed by atoms with Crippen LogP contribution in [0.2, 0.25) is 0 Å². The molecule has 0 saturated carbocycles. The Labute approximate surface area is 147 Å². The summed E-state index contributed by atoms with van der Waals surface area (Å²) in [6.07, 6.45) is 6.65. The summed E-state index contributed by atoms with van der Waals surface area (Å²) in [6.45, 7) is 9.04. The number of hydrogen-bond acceptors (Lipinski definition) is 2. The van der Waals surface area contributed by atoms with E-state index in [1.54, 1.807) is 0 Å². The number of halogens is 1. The predicted molar refractivity (Wildman–Crippen MR) is 98.5 cm³/mol. The van der Waals surface area contributed by atoms with E-state index in [4.69, 9.17) is 0 Å². The minimum Gasteiger partial charge on any atom is -0.334 e. The van der Waals surface area contributed by atoms with Crippen LogP contribution in [0.1, 0.15) is 44.0 Å². The minimum atomic E-state index is 0.502. The van der Waals surface area contributed by atoms with E-state index in [0.29, 0.717) is 5.92 Å². The lowest BCUT2D eigenvalue weighted by Crippen LogP contribution is -2.34. The molecule has 1 fully saturated rings. The molecule has 4 heteroatoms. The van der Waals surface area contributed by atoms with Gasteiger partial charge in [-0.15, -0.1) is 0 Å². The maximum absolute atomic E-state index is 4.51. The van der Waals surface area contributed by atoms with Gasteiger partial charge in [0.25, 0.3) is 0 Å². The van der Waals surface area contributed by atoms with Gasteiger partial charge < -0.3 is 4.57 Å². The molecule has 0 aliphatic carbocycles. The third kappa shape index (κ3) is 4.45. The van der Waals surface area contributed by atoms with Gasteiger partial charge in [0.2, 0.25) is 0 Å². The number of piperidine rings is 1. The highest BCUT2D eigenvalue weighted by molar-refractivity contribution is 9.10. The zero-order valence-electron chi connectivity index (χ0n) is 14.1. The van der Waals surface area contributed by atoms with Gasteiger partial charge in [-0.25, -0.2) is 4.98 Å². The number of rotatable bonds is 5. The van der Waals surface area contributed by atoms with Gasteiger partial charge in [0.1, 0.15) is 5.82 Å². The number of likely N-dealkylation sites (tertiary alicyclic amines) is 1. The van der Waals surface area contributed by atoms with Crippen molar-refractivity contribution >= 4 is 15.9 Å². The molecule has 2 aromatic rings. The molecular formula is C19H26BrN3. The highest BCUT2D eigenvalue weighted by atomic mass is 79.9. The van der Waals surface area contributed by atoms with Gasteiger partial charge in [0.15, 0.2) is 0 Å². The molecule has 1 aromatic heterocycles. The van der Waals surface area contributed by atoms with Crippen molar-refractivity contribution in [2.75, 3.05) is 13.1 Å². The Kier molecular flexibility index (Phi) is 5.54. The molecule has 0 bridgehead atoms. The average molecular weight is 376 g/mol. The highest BCUT2D eigenvalue weighted by Crippen LogP contribution is 2.23. The smallest absolute Gasteiger partial charge is 0.111 e. The van der Waals surface area contributed by atoms with Crippen molar-refractivity contribution in [3.63, 3.8) is 0 Å². The van der Waals surface area contributed by atoms with Gasteiger partial charge in [-0.1, -0.05) is 41.9 Å². The van der Waals surface area contributed by atoms with Crippen LogP contribution in [0.15, 0.2) is 41.1 Å². The quantitative estimate of drug-likeness (QED) is 0.756. The molecule has 1 aromatic carbocycles. The van der Waals surface area contributed by atoms with Crippen molar-refractivity contribution in [1.82, 2.24) is 14.5 Å². The topological polar surface area (TPSA) is 21.1 Å². The Morgan fingerprint density at radius 3 is 2.52 bits per heavy atom. The fourth-order valence-electron chi connectivity index (χ4n) is 3.43.